The van der Waals surface area contributed by atoms with Crippen LogP contribution >= 0.6 is 12.6 Å². The maximum Gasteiger partial charge on any atom is 0.323 e. The number of aromatic nitrogens is 1. The zero-order valence-corrected chi connectivity index (χ0v) is 29.0. The first-order chi connectivity index (χ1) is 22.7. The van der Waals surface area contributed by atoms with Crippen LogP contribution in [0.5, 0.6) is 23.0 Å². The summed E-state index contributed by atoms with van der Waals surface area (Å²) in [6.07, 6.45) is 2.69. The number of sulfonamides is 1. The number of fused-ring (bicyclic) bond motifs is 1. The van der Waals surface area contributed by atoms with E-state index < -0.39 is 20.8 Å². The summed E-state index contributed by atoms with van der Waals surface area (Å²) in [5, 5.41) is 10.5. The van der Waals surface area contributed by atoms with E-state index in [1.54, 1.807) is 49.7 Å². The molecule has 1 aromatic heterocycles. The Bertz CT molecular complexity index is 2100. The second-order valence-corrected chi connectivity index (χ2v) is 14.4. The van der Waals surface area contributed by atoms with Crippen LogP contribution in [0.15, 0.2) is 85.1 Å². The summed E-state index contributed by atoms with van der Waals surface area (Å²) >= 11 is 4.64. The molecule has 13 heteroatoms. The van der Waals surface area contributed by atoms with Crippen molar-refractivity contribution >= 4 is 68.0 Å². The van der Waals surface area contributed by atoms with Gasteiger partial charge in [-0.3, -0.25) is 4.72 Å². The number of benzene rings is 4. The average Bonchev–Trinajstić information content (AvgIpc) is 3.02. The predicted molar refractivity (Wildman–Crippen MR) is 195 cm³/mol. The van der Waals surface area contributed by atoms with Gasteiger partial charge in [-0.2, -0.15) is 12.6 Å². The number of nitrogens with one attached hydrogen (secondary N) is 4. The highest BCUT2D eigenvalue weighted by Gasteiger charge is 2.23. The Kier molecular flexibility index (Phi) is 9.92. The zero-order chi connectivity index (χ0) is 34.6. The number of hydrogen-bond acceptors (Lipinski definition) is 9. The van der Waals surface area contributed by atoms with E-state index in [1.165, 1.54) is 7.11 Å². The molecule has 0 saturated heterocycles. The topological polar surface area (TPSA) is 140 Å². The fourth-order valence-electron chi connectivity index (χ4n) is 5.03. The summed E-state index contributed by atoms with van der Waals surface area (Å²) in [6.45, 7) is 5.68. The first-order valence-corrected chi connectivity index (χ1v) is 17.2. The van der Waals surface area contributed by atoms with Gasteiger partial charge in [0.05, 0.1) is 37.5 Å². The quantitative estimate of drug-likeness (QED) is 0.0875. The minimum atomic E-state index is -3.64. The Morgan fingerprint density at radius 2 is 1.54 bits per heavy atom. The fourth-order valence-corrected chi connectivity index (χ4v) is 5.71. The van der Waals surface area contributed by atoms with Crippen molar-refractivity contribution in [3.8, 4) is 23.0 Å². The fraction of sp³-hybridized carbons (Fsp3) is 0.200. The van der Waals surface area contributed by atoms with Crippen LogP contribution in [-0.4, -0.2) is 39.9 Å². The lowest BCUT2D eigenvalue weighted by atomic mass is 10.00. The van der Waals surface area contributed by atoms with Gasteiger partial charge in [-0.15, -0.1) is 0 Å². The number of carbonyl (C=O) groups excluding carboxylic acids is 1. The van der Waals surface area contributed by atoms with Crippen LogP contribution in [0.2, 0.25) is 0 Å². The standard InChI is InChI=1S/C35H37N5O6S2/c1-21-11-12-23(19-31(21)44-4)37-32-20-24(15-16-36-32)46-30-14-13-27(25-9-7-8-10-26(25)30)38-34(41)39-28-17-22(35(2,3)47)18-29(33(28)45-5)40-48(6,42)43/h7-20,40,47H,1-6H3,(H,36,37)(H2,38,39,41). The molecule has 5 aromatic rings. The molecule has 0 fully saturated rings. The van der Waals surface area contributed by atoms with Crippen LogP contribution in [0.25, 0.3) is 10.8 Å². The molecule has 4 aromatic carbocycles. The van der Waals surface area contributed by atoms with Crippen molar-refractivity contribution in [3.63, 3.8) is 0 Å². The lowest BCUT2D eigenvalue weighted by molar-refractivity contribution is 0.262. The monoisotopic (exact) mass is 687 g/mol. The summed E-state index contributed by atoms with van der Waals surface area (Å²) in [5.41, 5.74) is 3.47. The number of amides is 2. The minimum absolute atomic E-state index is 0.151. The van der Waals surface area contributed by atoms with Gasteiger partial charge in [-0.25, -0.2) is 18.2 Å². The molecule has 0 bridgehead atoms. The van der Waals surface area contributed by atoms with Crippen molar-refractivity contribution in [2.45, 2.75) is 25.5 Å². The molecule has 0 atom stereocenters. The van der Waals surface area contributed by atoms with E-state index in [9.17, 15) is 13.2 Å². The van der Waals surface area contributed by atoms with E-state index in [-0.39, 0.29) is 17.1 Å². The molecule has 0 radical (unpaired) electrons. The van der Waals surface area contributed by atoms with Gasteiger partial charge in [-0.05, 0) is 68.3 Å². The number of carbonyl (C=O) groups is 1. The summed E-state index contributed by atoms with van der Waals surface area (Å²) < 4.78 is 43.2. The Hall–Kier alpha value is -5.14. The van der Waals surface area contributed by atoms with Crippen molar-refractivity contribution < 1.29 is 27.4 Å². The molecule has 1 heterocycles. The van der Waals surface area contributed by atoms with Crippen LogP contribution in [-0.2, 0) is 14.8 Å². The van der Waals surface area contributed by atoms with Crippen LogP contribution in [0.1, 0.15) is 25.0 Å². The molecule has 4 N–H and O–H groups in total. The van der Waals surface area contributed by atoms with E-state index in [0.29, 0.717) is 28.6 Å². The number of pyridine rings is 1. The van der Waals surface area contributed by atoms with Gasteiger partial charge in [0.15, 0.2) is 5.75 Å². The normalized spacial score (nSPS) is 11.5. The third kappa shape index (κ3) is 8.22. The minimum Gasteiger partial charge on any atom is -0.496 e. The highest BCUT2D eigenvalue weighted by molar-refractivity contribution is 7.92. The summed E-state index contributed by atoms with van der Waals surface area (Å²) in [7, 11) is -0.618. The molecule has 5 rings (SSSR count). The zero-order valence-electron chi connectivity index (χ0n) is 27.3. The number of methoxy groups -OCH3 is 2. The van der Waals surface area contributed by atoms with Crippen LogP contribution in [0.4, 0.5) is 33.4 Å². The van der Waals surface area contributed by atoms with Gasteiger partial charge < -0.3 is 30.2 Å². The van der Waals surface area contributed by atoms with Crippen molar-refractivity contribution in [2.75, 3.05) is 41.1 Å². The highest BCUT2D eigenvalue weighted by Crippen LogP contribution is 2.41. The molecule has 2 amide bonds. The largest absolute Gasteiger partial charge is 0.496 e. The van der Waals surface area contributed by atoms with Gasteiger partial charge in [0.1, 0.15) is 23.1 Å². The van der Waals surface area contributed by atoms with Gasteiger partial charge >= 0.3 is 6.03 Å². The van der Waals surface area contributed by atoms with Gasteiger partial charge in [0.25, 0.3) is 0 Å². The molecular weight excluding hydrogens is 651 g/mol. The van der Waals surface area contributed by atoms with E-state index in [0.717, 1.165) is 34.0 Å². The summed E-state index contributed by atoms with van der Waals surface area (Å²) in [5.74, 6) is 2.65. The van der Waals surface area contributed by atoms with E-state index >= 15 is 0 Å². The number of thiol groups is 1. The molecule has 0 aliphatic carbocycles. The van der Waals surface area contributed by atoms with Gasteiger partial charge in [0, 0.05) is 39.5 Å². The number of rotatable bonds is 11. The van der Waals surface area contributed by atoms with Crippen molar-refractivity contribution in [1.29, 1.82) is 0 Å². The van der Waals surface area contributed by atoms with E-state index in [2.05, 4.69) is 38.3 Å². The molecule has 0 aliphatic heterocycles. The molecule has 48 heavy (non-hydrogen) atoms. The third-order valence-electron chi connectivity index (χ3n) is 7.32. The van der Waals surface area contributed by atoms with Crippen molar-refractivity contribution in [1.82, 2.24) is 4.98 Å². The number of ether oxygens (including phenoxy) is 3. The number of urea groups is 1. The number of aryl methyl sites for hydroxylation is 1. The van der Waals surface area contributed by atoms with Crippen LogP contribution < -0.4 is 34.9 Å². The van der Waals surface area contributed by atoms with Gasteiger partial charge in [-0.1, -0.05) is 30.3 Å². The number of hydrogen-bond donors (Lipinski definition) is 5. The Labute approximate surface area is 285 Å². The Morgan fingerprint density at radius 1 is 0.833 bits per heavy atom. The average molecular weight is 688 g/mol. The number of nitrogens with zero attached hydrogens (tertiary/aromatic N) is 1. The molecule has 0 spiro atoms. The molecule has 0 unspecified atom stereocenters. The Morgan fingerprint density at radius 3 is 2.23 bits per heavy atom. The van der Waals surface area contributed by atoms with Crippen LogP contribution in [0, 0.1) is 6.92 Å². The second-order valence-electron chi connectivity index (χ2n) is 11.6. The first-order valence-electron chi connectivity index (χ1n) is 14.8. The van der Waals surface area contributed by atoms with E-state index in [4.69, 9.17) is 14.2 Å². The lowest BCUT2D eigenvalue weighted by Crippen LogP contribution is -2.21. The Balaban J connectivity index is 1.39. The van der Waals surface area contributed by atoms with E-state index in [1.807, 2.05) is 63.2 Å². The predicted octanol–water partition coefficient (Wildman–Crippen LogP) is 8.28. The summed E-state index contributed by atoms with van der Waals surface area (Å²) in [4.78, 5) is 17.8. The lowest BCUT2D eigenvalue weighted by Gasteiger charge is -2.23. The maximum atomic E-state index is 13.4. The highest BCUT2D eigenvalue weighted by atomic mass is 32.2. The molecule has 250 valence electrons. The first kappa shape index (κ1) is 34.2. The van der Waals surface area contributed by atoms with Gasteiger partial charge in [0.2, 0.25) is 10.0 Å². The second kappa shape index (κ2) is 13.9. The third-order valence-corrected chi connectivity index (χ3v) is 8.16. The smallest absolute Gasteiger partial charge is 0.323 e. The van der Waals surface area contributed by atoms with Crippen molar-refractivity contribution in [3.05, 3.63) is 96.2 Å². The summed E-state index contributed by atoms with van der Waals surface area (Å²) in [6, 6.07) is 23.2. The molecule has 0 saturated carbocycles. The SMILES string of the molecule is COc1cc(Nc2cc(Oc3ccc(NC(=O)Nc4cc(C(C)(C)S)cc(NS(C)(=O)=O)c4OC)c4ccccc34)ccn2)ccc1C. The molecule has 11 nitrogen and oxygen atoms in total. The van der Waals surface area contributed by atoms with Crippen LogP contribution in [0.3, 0.4) is 0 Å². The molecular formula is C35H37N5O6S2. The number of anilines is 5. The molecule has 0 aliphatic rings. The van der Waals surface area contributed by atoms with Crippen molar-refractivity contribution in [2.24, 2.45) is 0 Å². The maximum absolute atomic E-state index is 13.4.